The summed E-state index contributed by atoms with van der Waals surface area (Å²) >= 11 is 0. The molecule has 3 rings (SSSR count). The third kappa shape index (κ3) is 3.69. The van der Waals surface area contributed by atoms with E-state index in [4.69, 9.17) is 10.8 Å². The number of hydrogen-bond acceptors (Lipinski definition) is 3. The first-order valence-electron chi connectivity index (χ1n) is 8.79. The second-order valence-electron chi connectivity index (χ2n) is 7.13. The first-order chi connectivity index (χ1) is 10.3. The summed E-state index contributed by atoms with van der Waals surface area (Å²) in [7, 11) is 2.29. The van der Waals surface area contributed by atoms with Gasteiger partial charge in [0.25, 0.3) is 0 Å². The Morgan fingerprint density at radius 3 is 2.29 bits per heavy atom. The van der Waals surface area contributed by atoms with Crippen molar-refractivity contribution in [1.82, 2.24) is 15.6 Å². The van der Waals surface area contributed by atoms with Gasteiger partial charge in [-0.1, -0.05) is 25.7 Å². The summed E-state index contributed by atoms with van der Waals surface area (Å²) in [6.07, 6.45) is 12.9. The highest BCUT2D eigenvalue weighted by Gasteiger charge is 2.36. The maximum absolute atomic E-state index is 5.70. The molecule has 2 saturated heterocycles. The lowest BCUT2D eigenvalue weighted by Crippen LogP contribution is -2.57. The Kier molecular flexibility index (Phi) is 5.01. The smallest absolute Gasteiger partial charge is 0.206 e. The molecule has 0 amide bonds. The highest BCUT2D eigenvalue weighted by Crippen LogP contribution is 2.32. The van der Waals surface area contributed by atoms with Gasteiger partial charge in [0.05, 0.1) is 6.04 Å². The van der Waals surface area contributed by atoms with Crippen molar-refractivity contribution < 1.29 is 0 Å². The van der Waals surface area contributed by atoms with Gasteiger partial charge in [-0.2, -0.15) is 0 Å². The molecule has 0 radical (unpaired) electrons. The van der Waals surface area contributed by atoms with Crippen LogP contribution < -0.4 is 16.6 Å². The Morgan fingerprint density at radius 1 is 1.00 bits per heavy atom. The van der Waals surface area contributed by atoms with Crippen molar-refractivity contribution in [2.24, 2.45) is 10.8 Å². The Labute approximate surface area is 128 Å². The molecule has 2 atom stereocenters. The number of piperidine rings is 2. The van der Waals surface area contributed by atoms with Crippen LogP contribution >= 0.6 is 0 Å². The molecule has 21 heavy (non-hydrogen) atoms. The molecule has 1 saturated carbocycles. The lowest BCUT2D eigenvalue weighted by molar-refractivity contribution is 0.0526. The van der Waals surface area contributed by atoms with Crippen molar-refractivity contribution in [3.63, 3.8) is 0 Å². The van der Waals surface area contributed by atoms with E-state index in [9.17, 15) is 0 Å². The number of rotatable bonds is 2. The molecule has 0 aromatic rings. The zero-order valence-electron chi connectivity index (χ0n) is 13.4. The molecule has 120 valence electrons. The van der Waals surface area contributed by atoms with Crippen molar-refractivity contribution in [3.8, 4) is 0 Å². The normalized spacial score (nSPS) is 35.5. The Morgan fingerprint density at radius 2 is 1.67 bits per heavy atom. The molecule has 2 aliphatic heterocycles. The minimum atomic E-state index is 0.461. The largest absolute Gasteiger partial charge is 0.352 e. The highest BCUT2D eigenvalue weighted by molar-refractivity contribution is 5.79. The van der Waals surface area contributed by atoms with Gasteiger partial charge < -0.3 is 10.2 Å². The van der Waals surface area contributed by atoms with Crippen molar-refractivity contribution in [2.45, 2.75) is 88.4 Å². The fourth-order valence-corrected chi connectivity index (χ4v) is 4.44. The summed E-state index contributed by atoms with van der Waals surface area (Å²) in [5.41, 5.74) is 2.80. The monoisotopic (exact) mass is 293 g/mol. The van der Waals surface area contributed by atoms with Crippen LogP contribution in [0.4, 0.5) is 0 Å². The summed E-state index contributed by atoms with van der Waals surface area (Å²) in [4.78, 5) is 7.41. The van der Waals surface area contributed by atoms with E-state index < -0.39 is 0 Å². The number of hydrazine groups is 1. The zero-order valence-corrected chi connectivity index (χ0v) is 13.4. The van der Waals surface area contributed by atoms with Crippen LogP contribution in [0.15, 0.2) is 4.99 Å². The van der Waals surface area contributed by atoms with Gasteiger partial charge in [0.2, 0.25) is 5.96 Å². The maximum atomic E-state index is 5.70. The molecule has 0 aromatic carbocycles. The molecule has 1 aliphatic carbocycles. The summed E-state index contributed by atoms with van der Waals surface area (Å²) in [5, 5.41) is 3.59. The molecule has 3 fully saturated rings. The summed E-state index contributed by atoms with van der Waals surface area (Å²) < 4.78 is 0. The van der Waals surface area contributed by atoms with Gasteiger partial charge >= 0.3 is 0 Å². The van der Waals surface area contributed by atoms with E-state index in [1.165, 1.54) is 64.2 Å². The Hall–Kier alpha value is -0.810. The minimum Gasteiger partial charge on any atom is -0.352 e. The zero-order chi connectivity index (χ0) is 14.7. The van der Waals surface area contributed by atoms with Gasteiger partial charge in [-0.25, -0.2) is 10.8 Å². The van der Waals surface area contributed by atoms with Crippen LogP contribution in [0.3, 0.4) is 0 Å². The van der Waals surface area contributed by atoms with E-state index in [2.05, 4.69) is 22.7 Å². The summed E-state index contributed by atoms with van der Waals surface area (Å²) in [6, 6.07) is 2.46. The van der Waals surface area contributed by atoms with Gasteiger partial charge in [-0.15, -0.1) is 0 Å². The van der Waals surface area contributed by atoms with Gasteiger partial charge in [0, 0.05) is 18.1 Å². The summed E-state index contributed by atoms with van der Waals surface area (Å²) in [5.74, 6) is 6.51. The first kappa shape index (κ1) is 15.1. The topological polar surface area (TPSA) is 65.7 Å². The number of nitrogens with two attached hydrogens (primary N) is 1. The van der Waals surface area contributed by atoms with Crippen molar-refractivity contribution >= 4 is 5.96 Å². The van der Waals surface area contributed by atoms with Gasteiger partial charge in [0.15, 0.2) is 0 Å². The van der Waals surface area contributed by atoms with Crippen LogP contribution in [0.2, 0.25) is 0 Å². The van der Waals surface area contributed by atoms with E-state index in [0.717, 1.165) is 18.0 Å². The van der Waals surface area contributed by atoms with Crippen LogP contribution in [0.25, 0.3) is 0 Å². The van der Waals surface area contributed by atoms with Gasteiger partial charge in [0.1, 0.15) is 0 Å². The minimum absolute atomic E-state index is 0.461. The molecule has 2 heterocycles. The standard InChI is InChI=1S/C16H31N5/c1-21-14-8-5-9-15(21)11-13(10-14)19-16(20-17)18-12-6-3-2-4-7-12/h12-15H,2-11,17H2,1H3,(H2,18,19,20). The molecule has 0 aromatic heterocycles. The molecule has 5 heteroatoms. The average molecular weight is 293 g/mol. The molecular formula is C16H31N5. The van der Waals surface area contributed by atoms with E-state index in [1.807, 2.05) is 0 Å². The molecule has 0 spiro atoms. The Balaban J connectivity index is 1.57. The average Bonchev–Trinajstić information content (AvgIpc) is 2.48. The van der Waals surface area contributed by atoms with E-state index in [-0.39, 0.29) is 0 Å². The van der Waals surface area contributed by atoms with Crippen molar-refractivity contribution in [1.29, 1.82) is 0 Å². The van der Waals surface area contributed by atoms with Gasteiger partial charge in [-0.3, -0.25) is 5.43 Å². The number of nitrogens with zero attached hydrogens (tertiary/aromatic N) is 2. The van der Waals surface area contributed by atoms with Crippen molar-refractivity contribution in [3.05, 3.63) is 0 Å². The SMILES string of the molecule is CN1C2CCCC1CC(NC(=NC1CCCCC1)NN)C2. The van der Waals surface area contributed by atoms with E-state index in [0.29, 0.717) is 12.1 Å². The predicted octanol–water partition coefficient (Wildman–Crippen LogP) is 1.74. The first-order valence-corrected chi connectivity index (χ1v) is 8.79. The second-order valence-corrected chi connectivity index (χ2v) is 7.13. The maximum Gasteiger partial charge on any atom is 0.206 e. The molecule has 4 N–H and O–H groups in total. The van der Waals surface area contributed by atoms with E-state index >= 15 is 0 Å². The fraction of sp³-hybridized carbons (Fsp3) is 0.938. The molecule has 3 aliphatic rings. The third-order valence-electron chi connectivity index (χ3n) is 5.70. The summed E-state index contributed by atoms with van der Waals surface area (Å²) in [6.45, 7) is 0. The number of nitrogens with one attached hydrogen (secondary N) is 2. The van der Waals surface area contributed by atoms with E-state index in [1.54, 1.807) is 0 Å². The quantitative estimate of drug-likeness (QED) is 0.314. The Bertz CT molecular complexity index is 350. The molecular weight excluding hydrogens is 262 g/mol. The van der Waals surface area contributed by atoms with Crippen LogP contribution in [-0.4, -0.2) is 42.1 Å². The lowest BCUT2D eigenvalue weighted by Gasteiger charge is -2.47. The van der Waals surface area contributed by atoms with Crippen LogP contribution in [0.1, 0.15) is 64.2 Å². The number of hydrogen-bond donors (Lipinski definition) is 3. The van der Waals surface area contributed by atoms with Crippen LogP contribution in [0, 0.1) is 0 Å². The van der Waals surface area contributed by atoms with Gasteiger partial charge in [-0.05, 0) is 45.6 Å². The molecule has 2 bridgehead atoms. The second kappa shape index (κ2) is 6.97. The van der Waals surface area contributed by atoms with Crippen LogP contribution in [0.5, 0.6) is 0 Å². The fourth-order valence-electron chi connectivity index (χ4n) is 4.44. The molecule has 2 unspecified atom stereocenters. The number of guanidine groups is 1. The van der Waals surface area contributed by atoms with Crippen LogP contribution in [-0.2, 0) is 0 Å². The lowest BCUT2D eigenvalue weighted by atomic mass is 9.82. The molecule has 5 nitrogen and oxygen atoms in total. The van der Waals surface area contributed by atoms with Crippen molar-refractivity contribution in [2.75, 3.05) is 7.05 Å². The number of aliphatic imine (C=N–C) groups is 1. The third-order valence-corrected chi connectivity index (χ3v) is 5.70. The number of fused-ring (bicyclic) bond motifs is 2. The predicted molar refractivity (Wildman–Crippen MR) is 87.0 cm³/mol. The highest BCUT2D eigenvalue weighted by atomic mass is 15.3.